The lowest BCUT2D eigenvalue weighted by Crippen LogP contribution is -2.03. The van der Waals surface area contributed by atoms with E-state index >= 15 is 0 Å². The zero-order valence-corrected chi connectivity index (χ0v) is 11.3. The van der Waals surface area contributed by atoms with Crippen molar-refractivity contribution >= 4 is 29.7 Å². The van der Waals surface area contributed by atoms with Gasteiger partial charge in [-0.15, -0.1) is 22.6 Å². The molecule has 1 fully saturated rings. The number of fused-ring (bicyclic) bond motifs is 1. The van der Waals surface area contributed by atoms with Crippen molar-refractivity contribution < 1.29 is 0 Å². The van der Waals surface area contributed by atoms with E-state index < -0.39 is 0 Å². The Balaban J connectivity index is 0.00000108. The first-order valence-electron chi connectivity index (χ1n) is 5.54. The number of aryl methyl sites for hydroxylation is 1. The van der Waals surface area contributed by atoms with Crippen LogP contribution in [0.5, 0.6) is 0 Å². The van der Waals surface area contributed by atoms with Gasteiger partial charge in [0.25, 0.3) is 0 Å². The summed E-state index contributed by atoms with van der Waals surface area (Å²) >= 11 is 6.09. The van der Waals surface area contributed by atoms with E-state index in [1.165, 1.54) is 12.8 Å². The molecule has 0 unspecified atom stereocenters. The molecule has 0 saturated heterocycles. The van der Waals surface area contributed by atoms with Gasteiger partial charge in [-0.3, -0.25) is 0 Å². The average Bonchev–Trinajstić information content (AvgIpc) is 2.98. The highest BCUT2D eigenvalue weighted by molar-refractivity contribution is 6.30. The minimum Gasteiger partial charge on any atom is -0.196 e. The molecule has 2 aromatic heterocycles. The molecule has 1 aliphatic rings. The highest BCUT2D eigenvalue weighted by Crippen LogP contribution is 2.32. The summed E-state index contributed by atoms with van der Waals surface area (Å²) in [4.78, 5) is 0. The average molecular weight is 273 g/mol. The summed E-state index contributed by atoms with van der Waals surface area (Å²) in [6.07, 6.45) is 3.56. The molecule has 2 heterocycles. The fourth-order valence-corrected chi connectivity index (χ4v) is 2.06. The maximum Gasteiger partial charge on any atom is 0.181 e. The van der Waals surface area contributed by atoms with Crippen LogP contribution in [0.3, 0.4) is 0 Å². The van der Waals surface area contributed by atoms with Crippen molar-refractivity contribution in [3.8, 4) is 0 Å². The Kier molecular flexibility index (Phi) is 3.27. The van der Waals surface area contributed by atoms with E-state index in [4.69, 9.17) is 11.6 Å². The van der Waals surface area contributed by atoms with Gasteiger partial charge in [0.05, 0.1) is 0 Å². The predicted molar refractivity (Wildman–Crippen MR) is 68.9 cm³/mol. The zero-order chi connectivity index (χ0) is 11.3. The predicted octanol–water partition coefficient (Wildman–Crippen LogP) is 2.77. The van der Waals surface area contributed by atoms with E-state index in [0.29, 0.717) is 5.15 Å². The molecule has 0 aromatic carbocycles. The molecule has 0 aliphatic heterocycles. The Labute approximate surface area is 111 Å². The molecule has 3 rings (SSSR count). The molecule has 2 aromatic rings. The lowest BCUT2D eigenvalue weighted by molar-refractivity contribution is 0.724. The van der Waals surface area contributed by atoms with Crippen molar-refractivity contribution in [1.82, 2.24) is 19.8 Å². The fourth-order valence-electron chi connectivity index (χ4n) is 1.84. The second-order valence-corrected chi connectivity index (χ2v) is 4.90. The minimum atomic E-state index is 0. The Morgan fingerprint density at radius 3 is 2.59 bits per heavy atom. The molecule has 1 saturated carbocycles. The van der Waals surface area contributed by atoms with Gasteiger partial charge in [0, 0.05) is 12.0 Å². The maximum atomic E-state index is 6.09. The van der Waals surface area contributed by atoms with Gasteiger partial charge >= 0.3 is 0 Å². The van der Waals surface area contributed by atoms with Gasteiger partial charge in [0.1, 0.15) is 0 Å². The summed E-state index contributed by atoms with van der Waals surface area (Å²) in [5.41, 5.74) is 2.88. The molecular weight excluding hydrogens is 259 g/mol. The summed E-state index contributed by atoms with van der Waals surface area (Å²) in [6.45, 7) is 3.97. The van der Waals surface area contributed by atoms with Crippen molar-refractivity contribution in [2.75, 3.05) is 0 Å². The Hall–Kier alpha value is -0.870. The number of nitrogens with zero attached hydrogens (tertiary/aromatic N) is 4. The molecule has 0 N–H and O–H groups in total. The van der Waals surface area contributed by atoms with Gasteiger partial charge in [-0.25, -0.2) is 0 Å². The standard InChI is InChI=1S/C11H13ClN4.ClH/c1-6-7(2)11-14-13-9(5-8-3-4-8)16(11)15-10(6)12;/h8H,3-5H2,1-2H3;1H. The van der Waals surface area contributed by atoms with Crippen LogP contribution in [0.1, 0.15) is 29.8 Å². The molecule has 17 heavy (non-hydrogen) atoms. The summed E-state index contributed by atoms with van der Waals surface area (Å²) in [6, 6.07) is 0. The number of hydrogen-bond acceptors (Lipinski definition) is 3. The molecule has 0 bridgehead atoms. The van der Waals surface area contributed by atoms with Crippen LogP contribution >= 0.6 is 24.0 Å². The topological polar surface area (TPSA) is 43.1 Å². The Morgan fingerprint density at radius 2 is 1.94 bits per heavy atom. The first-order valence-corrected chi connectivity index (χ1v) is 5.91. The number of aromatic nitrogens is 4. The van der Waals surface area contributed by atoms with Gasteiger partial charge in [0.15, 0.2) is 16.6 Å². The van der Waals surface area contributed by atoms with Gasteiger partial charge in [-0.2, -0.15) is 9.61 Å². The lowest BCUT2D eigenvalue weighted by Gasteiger charge is -2.04. The van der Waals surface area contributed by atoms with E-state index in [-0.39, 0.29) is 12.4 Å². The van der Waals surface area contributed by atoms with Crippen molar-refractivity contribution in [2.45, 2.75) is 33.1 Å². The van der Waals surface area contributed by atoms with Gasteiger partial charge in [-0.1, -0.05) is 11.6 Å². The van der Waals surface area contributed by atoms with Crippen molar-refractivity contribution in [3.05, 3.63) is 22.1 Å². The number of halogens is 2. The fraction of sp³-hybridized carbons (Fsp3) is 0.545. The van der Waals surface area contributed by atoms with Crippen LogP contribution in [0.15, 0.2) is 0 Å². The van der Waals surface area contributed by atoms with E-state index in [1.807, 2.05) is 13.8 Å². The van der Waals surface area contributed by atoms with E-state index in [2.05, 4.69) is 15.3 Å². The molecule has 6 heteroatoms. The Morgan fingerprint density at radius 1 is 1.24 bits per heavy atom. The molecule has 0 spiro atoms. The second kappa shape index (κ2) is 4.42. The van der Waals surface area contributed by atoms with Crippen LogP contribution in [0, 0.1) is 19.8 Å². The van der Waals surface area contributed by atoms with Crippen molar-refractivity contribution in [2.24, 2.45) is 5.92 Å². The Bertz CT molecular complexity index is 560. The monoisotopic (exact) mass is 272 g/mol. The highest BCUT2D eigenvalue weighted by Gasteiger charge is 2.25. The number of rotatable bonds is 2. The third-order valence-corrected chi connectivity index (χ3v) is 3.63. The normalized spacial score (nSPS) is 15.0. The van der Waals surface area contributed by atoms with Crippen LogP contribution in [0.4, 0.5) is 0 Å². The van der Waals surface area contributed by atoms with Crippen LogP contribution < -0.4 is 0 Å². The largest absolute Gasteiger partial charge is 0.196 e. The zero-order valence-electron chi connectivity index (χ0n) is 9.77. The quantitative estimate of drug-likeness (QED) is 0.845. The van der Waals surface area contributed by atoms with Crippen LogP contribution in [-0.2, 0) is 6.42 Å². The first kappa shape index (κ1) is 12.6. The molecule has 92 valence electrons. The third-order valence-electron chi connectivity index (χ3n) is 3.27. The molecular formula is C11H14Cl2N4. The lowest BCUT2D eigenvalue weighted by atomic mass is 10.2. The van der Waals surface area contributed by atoms with Crippen molar-refractivity contribution in [1.29, 1.82) is 0 Å². The minimum absolute atomic E-state index is 0. The molecule has 0 atom stereocenters. The first-order chi connectivity index (χ1) is 7.66. The third kappa shape index (κ3) is 2.11. The molecule has 0 radical (unpaired) electrons. The SMILES string of the molecule is Cc1c(Cl)nn2c(CC3CC3)nnc2c1C.Cl. The van der Waals surface area contributed by atoms with Crippen LogP contribution in [-0.4, -0.2) is 19.8 Å². The highest BCUT2D eigenvalue weighted by atomic mass is 35.5. The van der Waals surface area contributed by atoms with Crippen LogP contribution in [0.25, 0.3) is 5.65 Å². The smallest absolute Gasteiger partial charge is 0.181 e. The summed E-state index contributed by atoms with van der Waals surface area (Å²) < 4.78 is 1.79. The van der Waals surface area contributed by atoms with Gasteiger partial charge in [0.2, 0.25) is 0 Å². The van der Waals surface area contributed by atoms with E-state index in [0.717, 1.165) is 34.9 Å². The van der Waals surface area contributed by atoms with E-state index in [9.17, 15) is 0 Å². The molecule has 1 aliphatic carbocycles. The second-order valence-electron chi connectivity index (χ2n) is 4.54. The van der Waals surface area contributed by atoms with Gasteiger partial charge in [-0.05, 0) is 38.2 Å². The summed E-state index contributed by atoms with van der Waals surface area (Å²) in [7, 11) is 0. The van der Waals surface area contributed by atoms with Crippen LogP contribution in [0.2, 0.25) is 5.15 Å². The van der Waals surface area contributed by atoms with E-state index in [1.54, 1.807) is 4.52 Å². The maximum absolute atomic E-state index is 6.09. The van der Waals surface area contributed by atoms with Crippen molar-refractivity contribution in [3.63, 3.8) is 0 Å². The molecule has 4 nitrogen and oxygen atoms in total. The number of hydrogen-bond donors (Lipinski definition) is 0. The van der Waals surface area contributed by atoms with Gasteiger partial charge < -0.3 is 0 Å². The summed E-state index contributed by atoms with van der Waals surface area (Å²) in [5, 5.41) is 13.3. The summed E-state index contributed by atoms with van der Waals surface area (Å²) in [5.74, 6) is 1.71. The molecule has 0 amide bonds.